The zero-order chi connectivity index (χ0) is 15.2. The third-order valence-corrected chi connectivity index (χ3v) is 4.55. The molecule has 2 heterocycles. The highest BCUT2D eigenvalue weighted by Crippen LogP contribution is 2.27. The summed E-state index contributed by atoms with van der Waals surface area (Å²) in [6.45, 7) is 8.00. The summed E-state index contributed by atoms with van der Waals surface area (Å²) in [6.07, 6.45) is 6.24. The molecule has 0 bridgehead atoms. The van der Waals surface area contributed by atoms with Gasteiger partial charge in [0, 0.05) is 38.8 Å². The molecule has 0 spiro atoms. The SMILES string of the molecule is CCCc1c(NC)ncnc1N(C)C1CCN(CC)CC1. The summed E-state index contributed by atoms with van der Waals surface area (Å²) in [5, 5.41) is 3.21. The maximum Gasteiger partial charge on any atom is 0.137 e. The van der Waals surface area contributed by atoms with Crippen molar-refractivity contribution in [2.75, 3.05) is 43.9 Å². The molecule has 5 heteroatoms. The molecule has 2 rings (SSSR count). The van der Waals surface area contributed by atoms with Crippen molar-refractivity contribution in [2.45, 2.75) is 45.6 Å². The molecule has 0 atom stereocenters. The fourth-order valence-corrected chi connectivity index (χ4v) is 3.20. The second kappa shape index (κ2) is 7.59. The molecule has 1 fully saturated rings. The van der Waals surface area contributed by atoms with Gasteiger partial charge in [-0.1, -0.05) is 20.3 Å². The lowest BCUT2D eigenvalue weighted by atomic mass is 10.0. The summed E-state index contributed by atoms with van der Waals surface area (Å²) in [5.41, 5.74) is 1.25. The van der Waals surface area contributed by atoms with Gasteiger partial charge in [-0.05, 0) is 25.8 Å². The molecule has 118 valence electrons. The van der Waals surface area contributed by atoms with Gasteiger partial charge in [0.05, 0.1) is 0 Å². The summed E-state index contributed by atoms with van der Waals surface area (Å²) >= 11 is 0. The molecule has 0 aromatic carbocycles. The minimum atomic E-state index is 0.586. The molecular weight excluding hydrogens is 262 g/mol. The van der Waals surface area contributed by atoms with E-state index in [1.807, 2.05) is 7.05 Å². The van der Waals surface area contributed by atoms with Crippen molar-refractivity contribution in [1.82, 2.24) is 14.9 Å². The Bertz CT molecular complexity index is 440. The van der Waals surface area contributed by atoms with Crippen LogP contribution in [0.25, 0.3) is 0 Å². The third kappa shape index (κ3) is 3.64. The summed E-state index contributed by atoms with van der Waals surface area (Å²) in [5.74, 6) is 2.07. The number of aromatic nitrogens is 2. The first kappa shape index (κ1) is 16.0. The van der Waals surface area contributed by atoms with Crippen molar-refractivity contribution in [3.63, 3.8) is 0 Å². The van der Waals surface area contributed by atoms with Crippen LogP contribution >= 0.6 is 0 Å². The molecule has 0 unspecified atom stereocenters. The minimum Gasteiger partial charge on any atom is -0.373 e. The van der Waals surface area contributed by atoms with Gasteiger partial charge >= 0.3 is 0 Å². The molecule has 1 aromatic heterocycles. The lowest BCUT2D eigenvalue weighted by Gasteiger charge is -2.37. The average Bonchev–Trinajstić information content (AvgIpc) is 2.54. The van der Waals surface area contributed by atoms with Crippen LogP contribution < -0.4 is 10.2 Å². The first-order valence-corrected chi connectivity index (χ1v) is 8.18. The van der Waals surface area contributed by atoms with Crippen LogP contribution in [0.3, 0.4) is 0 Å². The summed E-state index contributed by atoms with van der Waals surface area (Å²) < 4.78 is 0. The van der Waals surface area contributed by atoms with Crippen molar-refractivity contribution >= 4 is 11.6 Å². The predicted octanol–water partition coefficient (Wildman–Crippen LogP) is 2.39. The van der Waals surface area contributed by atoms with Gasteiger partial charge in [-0.3, -0.25) is 0 Å². The van der Waals surface area contributed by atoms with Gasteiger partial charge in [0.15, 0.2) is 0 Å². The van der Waals surface area contributed by atoms with Crippen molar-refractivity contribution in [3.05, 3.63) is 11.9 Å². The lowest BCUT2D eigenvalue weighted by Crippen LogP contribution is -2.44. The van der Waals surface area contributed by atoms with E-state index in [-0.39, 0.29) is 0 Å². The van der Waals surface area contributed by atoms with Gasteiger partial charge in [0.1, 0.15) is 18.0 Å². The Balaban J connectivity index is 2.17. The summed E-state index contributed by atoms with van der Waals surface area (Å²) in [4.78, 5) is 13.9. The Kier molecular flexibility index (Phi) is 5.79. The van der Waals surface area contributed by atoms with Crippen molar-refractivity contribution in [1.29, 1.82) is 0 Å². The first-order chi connectivity index (χ1) is 10.2. The van der Waals surface area contributed by atoms with Crippen LogP contribution in [0.1, 0.15) is 38.7 Å². The maximum atomic E-state index is 4.58. The number of nitrogens with zero attached hydrogens (tertiary/aromatic N) is 4. The van der Waals surface area contributed by atoms with Gasteiger partial charge in [-0.2, -0.15) is 0 Å². The van der Waals surface area contributed by atoms with Crippen LogP contribution in [0, 0.1) is 0 Å². The number of nitrogens with one attached hydrogen (secondary N) is 1. The van der Waals surface area contributed by atoms with Crippen LogP contribution in [-0.2, 0) is 6.42 Å². The van der Waals surface area contributed by atoms with Crippen LogP contribution in [0.15, 0.2) is 6.33 Å². The Hall–Kier alpha value is -1.36. The molecule has 0 radical (unpaired) electrons. The Morgan fingerprint density at radius 2 is 2.00 bits per heavy atom. The molecule has 0 amide bonds. The maximum absolute atomic E-state index is 4.58. The van der Waals surface area contributed by atoms with Crippen molar-refractivity contribution in [2.24, 2.45) is 0 Å². The molecule has 1 saturated heterocycles. The smallest absolute Gasteiger partial charge is 0.137 e. The number of hydrogen-bond donors (Lipinski definition) is 1. The number of piperidine rings is 1. The number of rotatable bonds is 6. The van der Waals surface area contributed by atoms with E-state index < -0.39 is 0 Å². The van der Waals surface area contributed by atoms with Crippen LogP contribution in [0.4, 0.5) is 11.6 Å². The van der Waals surface area contributed by atoms with Crippen LogP contribution in [0.2, 0.25) is 0 Å². The fraction of sp³-hybridized carbons (Fsp3) is 0.750. The van der Waals surface area contributed by atoms with Gasteiger partial charge in [-0.15, -0.1) is 0 Å². The van der Waals surface area contributed by atoms with E-state index in [2.05, 4.69) is 46.0 Å². The monoisotopic (exact) mass is 291 g/mol. The van der Waals surface area contributed by atoms with Gasteiger partial charge in [0.2, 0.25) is 0 Å². The Morgan fingerprint density at radius 3 is 2.57 bits per heavy atom. The van der Waals surface area contributed by atoms with Crippen molar-refractivity contribution in [3.8, 4) is 0 Å². The van der Waals surface area contributed by atoms with Crippen LogP contribution in [-0.4, -0.2) is 54.6 Å². The van der Waals surface area contributed by atoms with Gasteiger partial charge < -0.3 is 15.1 Å². The number of hydrogen-bond acceptors (Lipinski definition) is 5. The normalized spacial score (nSPS) is 17.0. The zero-order valence-corrected chi connectivity index (χ0v) is 13.9. The van der Waals surface area contributed by atoms with Crippen molar-refractivity contribution < 1.29 is 0 Å². The molecule has 1 aromatic rings. The average molecular weight is 291 g/mol. The van der Waals surface area contributed by atoms with E-state index >= 15 is 0 Å². The van der Waals surface area contributed by atoms with Gasteiger partial charge in [0.25, 0.3) is 0 Å². The topological polar surface area (TPSA) is 44.3 Å². The molecule has 5 nitrogen and oxygen atoms in total. The first-order valence-electron chi connectivity index (χ1n) is 8.18. The number of anilines is 2. The molecule has 1 aliphatic heterocycles. The second-order valence-corrected chi connectivity index (χ2v) is 5.80. The van der Waals surface area contributed by atoms with E-state index in [9.17, 15) is 0 Å². The molecule has 0 aliphatic carbocycles. The van der Waals surface area contributed by atoms with E-state index in [1.165, 1.54) is 31.5 Å². The van der Waals surface area contributed by atoms with E-state index in [0.29, 0.717) is 6.04 Å². The second-order valence-electron chi connectivity index (χ2n) is 5.80. The lowest BCUT2D eigenvalue weighted by molar-refractivity contribution is 0.220. The zero-order valence-electron chi connectivity index (χ0n) is 13.9. The van der Waals surface area contributed by atoms with Gasteiger partial charge in [-0.25, -0.2) is 9.97 Å². The highest BCUT2D eigenvalue weighted by Gasteiger charge is 2.24. The minimum absolute atomic E-state index is 0.586. The number of likely N-dealkylation sites (tertiary alicyclic amines) is 1. The fourth-order valence-electron chi connectivity index (χ4n) is 3.20. The molecule has 1 aliphatic rings. The Labute approximate surface area is 128 Å². The van der Waals surface area contributed by atoms with E-state index in [1.54, 1.807) is 6.33 Å². The quantitative estimate of drug-likeness (QED) is 0.872. The molecule has 1 N–H and O–H groups in total. The molecular formula is C16H29N5. The van der Waals surface area contributed by atoms with E-state index in [0.717, 1.165) is 31.0 Å². The molecule has 21 heavy (non-hydrogen) atoms. The standard InChI is InChI=1S/C16H29N5/c1-5-7-14-15(17-3)18-12-19-16(14)20(4)13-8-10-21(6-2)11-9-13/h12-13H,5-11H2,1-4H3,(H,17,18,19). The van der Waals surface area contributed by atoms with Crippen LogP contribution in [0.5, 0.6) is 0 Å². The third-order valence-electron chi connectivity index (χ3n) is 4.55. The van der Waals surface area contributed by atoms with E-state index in [4.69, 9.17) is 0 Å². The highest BCUT2D eigenvalue weighted by molar-refractivity contribution is 5.58. The largest absolute Gasteiger partial charge is 0.373 e. The highest BCUT2D eigenvalue weighted by atomic mass is 15.2. The predicted molar refractivity (Wildman–Crippen MR) is 89.1 cm³/mol. The molecule has 0 saturated carbocycles. The summed E-state index contributed by atoms with van der Waals surface area (Å²) in [7, 11) is 4.12. The Morgan fingerprint density at radius 1 is 1.29 bits per heavy atom. The summed E-state index contributed by atoms with van der Waals surface area (Å²) in [6, 6.07) is 0.586.